The van der Waals surface area contributed by atoms with Crippen molar-refractivity contribution in [1.29, 1.82) is 0 Å². The highest BCUT2D eigenvalue weighted by Crippen LogP contribution is 2.36. The van der Waals surface area contributed by atoms with E-state index < -0.39 is 24.5 Å². The van der Waals surface area contributed by atoms with Gasteiger partial charge in [-0.05, 0) is 17.8 Å². The number of aliphatic hydroxyl groups is 3. The Morgan fingerprint density at radius 1 is 1.47 bits per heavy atom. The molecule has 3 heterocycles. The normalized spacial score (nSPS) is 31.4. The average molecular weight is 303 g/mol. The summed E-state index contributed by atoms with van der Waals surface area (Å²) in [5, 5.41) is 29.7. The molecule has 104 valence electrons. The maximum Gasteiger partial charge on any atom is 0.172 e. The van der Waals surface area contributed by atoms with Crippen LogP contribution in [0.1, 0.15) is 6.23 Å². The summed E-state index contributed by atoms with van der Waals surface area (Å²) in [5.41, 5.74) is 0.754. The van der Waals surface area contributed by atoms with Crippen molar-refractivity contribution in [2.45, 2.75) is 29.7 Å². The predicted molar refractivity (Wildman–Crippen MR) is 70.2 cm³/mol. The fourth-order valence-electron chi connectivity index (χ4n) is 2.20. The minimum absolute atomic E-state index is 0.344. The molecule has 1 aliphatic rings. The van der Waals surface area contributed by atoms with Gasteiger partial charge in [0.15, 0.2) is 16.2 Å². The molecular weight excluding hydrogens is 290 g/mol. The third kappa shape index (κ3) is 1.97. The Hall–Kier alpha value is -0.710. The van der Waals surface area contributed by atoms with Gasteiger partial charge in [0.25, 0.3) is 0 Å². The fraction of sp³-hybridized carbons (Fsp3) is 0.600. The topological polar surface area (TPSA) is 101 Å². The van der Waals surface area contributed by atoms with Crippen LogP contribution >= 0.6 is 23.3 Å². The second-order valence-electron chi connectivity index (χ2n) is 4.21. The van der Waals surface area contributed by atoms with Gasteiger partial charge in [-0.1, -0.05) is 11.8 Å². The second kappa shape index (κ2) is 5.00. The molecule has 0 radical (unpaired) electrons. The molecule has 3 N–H and O–H groups in total. The molecule has 0 aliphatic carbocycles. The zero-order valence-electron chi connectivity index (χ0n) is 10.0. The molecule has 7 nitrogen and oxygen atoms in total. The van der Waals surface area contributed by atoms with E-state index in [9.17, 15) is 10.2 Å². The largest absolute Gasteiger partial charge is 0.394 e. The lowest BCUT2D eigenvalue weighted by Gasteiger charge is -2.18. The fourth-order valence-corrected chi connectivity index (χ4v) is 3.46. The number of hydrogen-bond donors (Lipinski definition) is 3. The molecular formula is C10H13N3O4S2. The molecule has 0 saturated carbocycles. The summed E-state index contributed by atoms with van der Waals surface area (Å²) >= 11 is 2.68. The Labute approximate surface area is 117 Å². The third-order valence-electron chi connectivity index (χ3n) is 3.15. The van der Waals surface area contributed by atoms with E-state index in [-0.39, 0.29) is 6.61 Å². The molecule has 0 bridgehead atoms. The van der Waals surface area contributed by atoms with E-state index in [4.69, 9.17) is 9.84 Å². The van der Waals surface area contributed by atoms with E-state index in [2.05, 4.69) is 9.36 Å². The third-order valence-corrected chi connectivity index (χ3v) is 4.49. The van der Waals surface area contributed by atoms with E-state index in [1.807, 2.05) is 6.26 Å². The number of hydrogen-bond acceptors (Lipinski definition) is 8. The first kappa shape index (κ1) is 13.3. The minimum atomic E-state index is -1.12. The minimum Gasteiger partial charge on any atom is -0.394 e. The van der Waals surface area contributed by atoms with E-state index in [1.165, 1.54) is 23.3 Å². The Morgan fingerprint density at radius 3 is 2.89 bits per heavy atom. The maximum absolute atomic E-state index is 10.1. The van der Waals surface area contributed by atoms with Gasteiger partial charge in [0.2, 0.25) is 0 Å². The van der Waals surface area contributed by atoms with Gasteiger partial charge in [0.1, 0.15) is 23.8 Å². The number of nitrogens with zero attached hydrogens (tertiary/aromatic N) is 3. The van der Waals surface area contributed by atoms with Crippen LogP contribution in [0.2, 0.25) is 0 Å². The van der Waals surface area contributed by atoms with Crippen LogP contribution in [-0.4, -0.2) is 60.4 Å². The second-order valence-corrected chi connectivity index (χ2v) is 5.77. The lowest BCUT2D eigenvalue weighted by atomic mass is 10.1. The molecule has 0 unspecified atom stereocenters. The summed E-state index contributed by atoms with van der Waals surface area (Å²) in [7, 11) is 0. The highest BCUT2D eigenvalue weighted by atomic mass is 32.2. The molecule has 0 aromatic carbocycles. The van der Waals surface area contributed by atoms with Crippen LogP contribution in [-0.2, 0) is 4.74 Å². The van der Waals surface area contributed by atoms with Crippen molar-refractivity contribution in [3.63, 3.8) is 0 Å². The molecule has 9 heteroatoms. The van der Waals surface area contributed by atoms with Crippen molar-refractivity contribution in [1.82, 2.24) is 13.9 Å². The monoisotopic (exact) mass is 303 g/mol. The number of aliphatic hydroxyl groups excluding tert-OH is 3. The Kier molecular flexibility index (Phi) is 3.50. The standard InChI is InChI=1S/C10H13N3O4S2/c1-18-10-12-8-4(2-11-19-8)13(10)9-7(16)6(15)5(3-14)17-9/h2,5-7,9,14-16H,3H2,1H3/t5-,6-,7-,9-/m1/s1. The molecule has 4 atom stereocenters. The smallest absolute Gasteiger partial charge is 0.172 e. The maximum atomic E-state index is 10.1. The number of imidazole rings is 1. The first-order chi connectivity index (χ1) is 9.17. The zero-order chi connectivity index (χ0) is 13.6. The highest BCUT2D eigenvalue weighted by molar-refractivity contribution is 7.98. The Bertz CT molecular complexity index is 586. The van der Waals surface area contributed by atoms with Gasteiger partial charge in [-0.25, -0.2) is 4.98 Å². The van der Waals surface area contributed by atoms with Gasteiger partial charge in [-0.3, -0.25) is 4.57 Å². The molecule has 2 aromatic heterocycles. The van der Waals surface area contributed by atoms with Gasteiger partial charge in [0.05, 0.1) is 12.8 Å². The van der Waals surface area contributed by atoms with Gasteiger partial charge in [-0.15, -0.1) is 0 Å². The molecule has 0 spiro atoms. The zero-order valence-corrected chi connectivity index (χ0v) is 11.6. The number of fused-ring (bicyclic) bond motifs is 1. The van der Waals surface area contributed by atoms with Gasteiger partial charge < -0.3 is 20.1 Å². The van der Waals surface area contributed by atoms with E-state index >= 15 is 0 Å². The van der Waals surface area contributed by atoms with Crippen LogP contribution in [0.15, 0.2) is 11.4 Å². The lowest BCUT2D eigenvalue weighted by Crippen LogP contribution is -2.33. The van der Waals surface area contributed by atoms with Crippen LogP contribution in [0.4, 0.5) is 0 Å². The quantitative estimate of drug-likeness (QED) is 0.677. The van der Waals surface area contributed by atoms with Crippen molar-refractivity contribution in [3.05, 3.63) is 6.20 Å². The number of rotatable bonds is 3. The van der Waals surface area contributed by atoms with E-state index in [1.54, 1.807) is 10.8 Å². The Balaban J connectivity index is 2.06. The van der Waals surface area contributed by atoms with Gasteiger partial charge >= 0.3 is 0 Å². The average Bonchev–Trinajstić information content (AvgIpc) is 3.05. The molecule has 1 saturated heterocycles. The van der Waals surface area contributed by atoms with Crippen molar-refractivity contribution < 1.29 is 20.1 Å². The summed E-state index contributed by atoms with van der Waals surface area (Å²) in [6, 6.07) is 0. The number of thioether (sulfide) groups is 1. The van der Waals surface area contributed by atoms with Crippen LogP contribution in [0.3, 0.4) is 0 Å². The molecule has 2 aromatic rings. The molecule has 1 aliphatic heterocycles. The van der Waals surface area contributed by atoms with Crippen LogP contribution < -0.4 is 0 Å². The Morgan fingerprint density at radius 2 is 2.26 bits per heavy atom. The molecule has 3 rings (SSSR count). The molecule has 1 fully saturated rings. The van der Waals surface area contributed by atoms with E-state index in [0.29, 0.717) is 5.16 Å². The highest BCUT2D eigenvalue weighted by Gasteiger charge is 2.44. The van der Waals surface area contributed by atoms with Crippen molar-refractivity contribution >= 4 is 33.6 Å². The van der Waals surface area contributed by atoms with Gasteiger partial charge in [0, 0.05) is 0 Å². The van der Waals surface area contributed by atoms with Crippen LogP contribution in [0.5, 0.6) is 0 Å². The number of aromatic nitrogens is 3. The van der Waals surface area contributed by atoms with Crippen LogP contribution in [0.25, 0.3) is 10.3 Å². The van der Waals surface area contributed by atoms with Crippen LogP contribution in [0, 0.1) is 0 Å². The molecule has 19 heavy (non-hydrogen) atoms. The summed E-state index contributed by atoms with van der Waals surface area (Å²) in [6.07, 6.45) is -0.262. The first-order valence-electron chi connectivity index (χ1n) is 5.66. The summed E-state index contributed by atoms with van der Waals surface area (Å²) in [4.78, 5) is 5.14. The van der Waals surface area contributed by atoms with Crippen molar-refractivity contribution in [3.8, 4) is 0 Å². The van der Waals surface area contributed by atoms with Crippen molar-refractivity contribution in [2.24, 2.45) is 0 Å². The number of ether oxygens (including phenoxy) is 1. The van der Waals surface area contributed by atoms with Crippen molar-refractivity contribution in [2.75, 3.05) is 12.9 Å². The SMILES string of the molecule is CSc1nc2sncc2n1[C@@H]1O[C@H](CO)[C@@H](O)[C@H]1O. The first-order valence-corrected chi connectivity index (χ1v) is 7.66. The summed E-state index contributed by atoms with van der Waals surface area (Å²) < 4.78 is 11.3. The lowest BCUT2D eigenvalue weighted by molar-refractivity contribution is -0.0546. The predicted octanol–water partition coefficient (Wildman–Crippen LogP) is -0.174. The molecule has 0 amide bonds. The van der Waals surface area contributed by atoms with Gasteiger partial charge in [-0.2, -0.15) is 4.37 Å². The summed E-state index contributed by atoms with van der Waals surface area (Å²) in [6.45, 7) is -0.344. The van der Waals surface area contributed by atoms with E-state index in [0.717, 1.165) is 10.3 Å². The summed E-state index contributed by atoms with van der Waals surface area (Å²) in [5.74, 6) is 0.